The van der Waals surface area contributed by atoms with E-state index >= 15 is 0 Å². The summed E-state index contributed by atoms with van der Waals surface area (Å²) < 4.78 is 7.19. The molecule has 8 heteroatoms. The van der Waals surface area contributed by atoms with Crippen molar-refractivity contribution in [3.63, 3.8) is 0 Å². The third-order valence-electron chi connectivity index (χ3n) is 4.07. The van der Waals surface area contributed by atoms with Crippen LogP contribution < -0.4 is 16.0 Å². The lowest BCUT2D eigenvalue weighted by Crippen LogP contribution is -2.35. The van der Waals surface area contributed by atoms with Crippen molar-refractivity contribution in [2.75, 3.05) is 13.1 Å². The van der Waals surface area contributed by atoms with Gasteiger partial charge in [0.25, 0.3) is 17.4 Å². The van der Waals surface area contributed by atoms with Crippen molar-refractivity contribution in [3.05, 3.63) is 58.3 Å². The van der Waals surface area contributed by atoms with Crippen LogP contribution in [0.1, 0.15) is 27.3 Å². The average molecular weight is 342 g/mol. The Morgan fingerprint density at radius 1 is 1.36 bits per heavy atom. The number of primary amides is 1. The number of likely N-dealkylation sites (tertiary alicyclic amines) is 1. The number of ether oxygens (including phenoxy) is 1. The molecule has 130 valence electrons. The first-order valence-electron chi connectivity index (χ1n) is 7.83. The Morgan fingerprint density at radius 3 is 2.92 bits per heavy atom. The smallest absolute Gasteiger partial charge is 0.267 e. The molecule has 25 heavy (non-hydrogen) atoms. The van der Waals surface area contributed by atoms with Gasteiger partial charge in [-0.3, -0.25) is 19.4 Å². The molecule has 2 amide bonds. The highest BCUT2D eigenvalue weighted by Crippen LogP contribution is 2.19. The zero-order chi connectivity index (χ0) is 18.0. The van der Waals surface area contributed by atoms with E-state index in [-0.39, 0.29) is 28.8 Å². The maximum Gasteiger partial charge on any atom is 0.267 e. The van der Waals surface area contributed by atoms with E-state index in [1.165, 1.54) is 22.9 Å². The van der Waals surface area contributed by atoms with Crippen molar-refractivity contribution >= 4 is 11.8 Å². The molecule has 0 unspecified atom stereocenters. The lowest BCUT2D eigenvalue weighted by molar-refractivity contribution is 0.0770. The van der Waals surface area contributed by atoms with E-state index in [2.05, 4.69) is 4.98 Å². The number of nitrogens with two attached hydrogens (primary N) is 1. The molecule has 0 aromatic carbocycles. The van der Waals surface area contributed by atoms with Gasteiger partial charge in [0.2, 0.25) is 0 Å². The fraction of sp³-hybridized carbons (Fsp3) is 0.294. The molecular formula is C17H18N4O4. The molecule has 0 radical (unpaired) electrons. The standard InChI is InChI=1S/C17H18N4O4/c1-20-7-2-3-13(16(20)23)17(24)21-8-5-12(10-21)25-11-4-6-19-14(9-11)15(18)22/h2-4,6-7,9,12H,5,8,10H2,1H3,(H2,18,22)/t12-/m1/s1. The summed E-state index contributed by atoms with van der Waals surface area (Å²) in [6.07, 6.45) is 3.46. The Balaban J connectivity index is 1.68. The van der Waals surface area contributed by atoms with E-state index in [9.17, 15) is 14.4 Å². The molecule has 0 saturated carbocycles. The van der Waals surface area contributed by atoms with Gasteiger partial charge >= 0.3 is 0 Å². The van der Waals surface area contributed by atoms with Crippen molar-refractivity contribution < 1.29 is 14.3 Å². The Labute approximate surface area is 143 Å². The molecule has 3 heterocycles. The van der Waals surface area contributed by atoms with Crippen molar-refractivity contribution in [2.45, 2.75) is 12.5 Å². The van der Waals surface area contributed by atoms with E-state index in [1.54, 1.807) is 30.3 Å². The molecule has 1 aliphatic rings. The van der Waals surface area contributed by atoms with Gasteiger partial charge in [-0.2, -0.15) is 0 Å². The molecule has 1 aliphatic heterocycles. The van der Waals surface area contributed by atoms with Gasteiger partial charge in [-0.1, -0.05) is 0 Å². The van der Waals surface area contributed by atoms with Gasteiger partial charge in [-0.05, 0) is 18.2 Å². The predicted molar refractivity (Wildman–Crippen MR) is 89.4 cm³/mol. The Kier molecular flexibility index (Phi) is 4.51. The molecule has 2 N–H and O–H groups in total. The van der Waals surface area contributed by atoms with Crippen molar-refractivity contribution in [2.24, 2.45) is 12.8 Å². The molecule has 0 aliphatic carbocycles. The van der Waals surface area contributed by atoms with Crippen LogP contribution in [0.15, 0.2) is 41.5 Å². The second-order valence-corrected chi connectivity index (χ2v) is 5.86. The zero-order valence-electron chi connectivity index (χ0n) is 13.7. The molecule has 0 spiro atoms. The maximum absolute atomic E-state index is 12.5. The van der Waals surface area contributed by atoms with E-state index in [4.69, 9.17) is 10.5 Å². The number of aromatic nitrogens is 2. The summed E-state index contributed by atoms with van der Waals surface area (Å²) in [5.41, 5.74) is 5.15. The van der Waals surface area contributed by atoms with Crippen LogP contribution >= 0.6 is 0 Å². The zero-order valence-corrected chi connectivity index (χ0v) is 13.7. The number of pyridine rings is 2. The monoisotopic (exact) mass is 342 g/mol. The largest absolute Gasteiger partial charge is 0.488 e. The van der Waals surface area contributed by atoms with Crippen LogP contribution in [0.3, 0.4) is 0 Å². The number of rotatable bonds is 4. The van der Waals surface area contributed by atoms with Gasteiger partial charge in [-0.15, -0.1) is 0 Å². The van der Waals surface area contributed by atoms with E-state index in [1.807, 2.05) is 0 Å². The van der Waals surface area contributed by atoms with Gasteiger partial charge in [0.05, 0.1) is 6.54 Å². The summed E-state index contributed by atoms with van der Waals surface area (Å²) in [7, 11) is 1.61. The molecule has 1 atom stereocenters. The topological polar surface area (TPSA) is 108 Å². The van der Waals surface area contributed by atoms with E-state index in [0.717, 1.165) is 0 Å². The minimum Gasteiger partial charge on any atom is -0.488 e. The van der Waals surface area contributed by atoms with Gasteiger partial charge in [0.15, 0.2) is 0 Å². The second-order valence-electron chi connectivity index (χ2n) is 5.86. The van der Waals surface area contributed by atoms with Gasteiger partial charge < -0.3 is 19.9 Å². The highest BCUT2D eigenvalue weighted by Gasteiger charge is 2.29. The molecule has 0 bridgehead atoms. The first-order chi connectivity index (χ1) is 12.0. The summed E-state index contributed by atoms with van der Waals surface area (Å²) in [6, 6.07) is 6.30. The lowest BCUT2D eigenvalue weighted by atomic mass is 10.2. The summed E-state index contributed by atoms with van der Waals surface area (Å²) in [6.45, 7) is 0.862. The van der Waals surface area contributed by atoms with Gasteiger partial charge in [0.1, 0.15) is 23.1 Å². The summed E-state index contributed by atoms with van der Waals surface area (Å²) in [5, 5.41) is 0. The third kappa shape index (κ3) is 3.52. The minimum absolute atomic E-state index is 0.121. The minimum atomic E-state index is -0.631. The van der Waals surface area contributed by atoms with Crippen LogP contribution in [0.4, 0.5) is 0 Å². The molecule has 8 nitrogen and oxygen atoms in total. The summed E-state index contributed by atoms with van der Waals surface area (Å²) in [4.78, 5) is 41.2. The average Bonchev–Trinajstić information content (AvgIpc) is 3.05. The highest BCUT2D eigenvalue weighted by atomic mass is 16.5. The Bertz CT molecular complexity index is 877. The van der Waals surface area contributed by atoms with E-state index < -0.39 is 5.91 Å². The Hall–Kier alpha value is -3.16. The number of carbonyl (C=O) groups is 2. The van der Waals surface area contributed by atoms with E-state index in [0.29, 0.717) is 25.3 Å². The van der Waals surface area contributed by atoms with Crippen molar-refractivity contribution in [3.8, 4) is 5.75 Å². The van der Waals surface area contributed by atoms with Crippen LogP contribution in [0.5, 0.6) is 5.75 Å². The quantitative estimate of drug-likeness (QED) is 0.852. The number of amides is 2. The predicted octanol–water partition coefficient (Wildman–Crippen LogP) is 0.173. The SMILES string of the molecule is Cn1cccc(C(=O)N2CC[C@@H](Oc3ccnc(C(N)=O)c3)C2)c1=O. The molecule has 2 aromatic heterocycles. The second kappa shape index (κ2) is 6.76. The van der Waals surface area contributed by atoms with Crippen LogP contribution in [-0.2, 0) is 7.05 Å². The fourth-order valence-corrected chi connectivity index (χ4v) is 2.75. The summed E-state index contributed by atoms with van der Waals surface area (Å²) >= 11 is 0. The van der Waals surface area contributed by atoms with Crippen LogP contribution in [0.25, 0.3) is 0 Å². The number of aryl methyl sites for hydroxylation is 1. The van der Waals surface area contributed by atoms with Crippen molar-refractivity contribution in [1.29, 1.82) is 0 Å². The molecule has 2 aromatic rings. The Morgan fingerprint density at radius 2 is 2.16 bits per heavy atom. The number of nitrogens with zero attached hydrogens (tertiary/aromatic N) is 3. The first-order valence-corrected chi connectivity index (χ1v) is 7.83. The first kappa shape index (κ1) is 16.7. The number of hydrogen-bond donors (Lipinski definition) is 1. The van der Waals surface area contributed by atoms with Crippen LogP contribution in [0.2, 0.25) is 0 Å². The number of carbonyl (C=O) groups excluding carboxylic acids is 2. The van der Waals surface area contributed by atoms with Gasteiger partial charge in [0, 0.05) is 38.5 Å². The van der Waals surface area contributed by atoms with Crippen LogP contribution in [0, 0.1) is 0 Å². The lowest BCUT2D eigenvalue weighted by Gasteiger charge is -2.17. The number of hydrogen-bond acceptors (Lipinski definition) is 5. The summed E-state index contributed by atoms with van der Waals surface area (Å²) in [5.74, 6) is -0.466. The molecule has 1 saturated heterocycles. The van der Waals surface area contributed by atoms with Crippen LogP contribution in [-0.4, -0.2) is 45.5 Å². The molecule has 3 rings (SSSR count). The normalized spacial score (nSPS) is 16.7. The van der Waals surface area contributed by atoms with Gasteiger partial charge in [-0.25, -0.2) is 0 Å². The molecular weight excluding hydrogens is 324 g/mol. The third-order valence-corrected chi connectivity index (χ3v) is 4.07. The van der Waals surface area contributed by atoms with Crippen molar-refractivity contribution in [1.82, 2.24) is 14.5 Å². The fourth-order valence-electron chi connectivity index (χ4n) is 2.75. The highest BCUT2D eigenvalue weighted by molar-refractivity contribution is 5.94. The molecule has 1 fully saturated rings. The maximum atomic E-state index is 12.5.